The van der Waals surface area contributed by atoms with Crippen LogP contribution in [0.5, 0.6) is 11.5 Å². The van der Waals surface area contributed by atoms with Crippen molar-refractivity contribution in [2.75, 3.05) is 27.3 Å². The molecular weight excluding hydrogens is 274 g/mol. The topological polar surface area (TPSA) is 76.1 Å². The van der Waals surface area contributed by atoms with Gasteiger partial charge in [-0.05, 0) is 18.1 Å². The largest absolute Gasteiger partial charge is 0.497 e. The average molecular weight is 293 g/mol. The Hall–Kier alpha value is -2.24. The van der Waals surface area contributed by atoms with E-state index in [0.29, 0.717) is 23.6 Å². The van der Waals surface area contributed by atoms with Crippen molar-refractivity contribution < 1.29 is 24.2 Å². The Morgan fingerprint density at radius 3 is 2.14 bits per heavy atom. The van der Waals surface area contributed by atoms with Gasteiger partial charge in [-0.2, -0.15) is 0 Å². The molecule has 6 nitrogen and oxygen atoms in total. The number of carboxylic acid groups (broad SMARTS) is 1. The average Bonchev–Trinajstić information content (AvgIpc) is 2.87. The highest BCUT2D eigenvalue weighted by atomic mass is 16.5. The second-order valence-corrected chi connectivity index (χ2v) is 5.23. The third kappa shape index (κ3) is 3.09. The number of likely N-dealkylation sites (tertiary alicyclic amines) is 1. The van der Waals surface area contributed by atoms with E-state index in [1.165, 1.54) is 14.2 Å². The molecule has 0 bridgehead atoms. The molecule has 1 amide bonds. The molecule has 2 rings (SSSR count). The smallest absolute Gasteiger partial charge is 0.308 e. The van der Waals surface area contributed by atoms with Crippen molar-refractivity contribution in [3.8, 4) is 11.5 Å². The number of carboxylic acids is 1. The highest BCUT2D eigenvalue weighted by Crippen LogP contribution is 2.27. The number of hydrogen-bond donors (Lipinski definition) is 1. The van der Waals surface area contributed by atoms with Gasteiger partial charge in [0.15, 0.2) is 0 Å². The van der Waals surface area contributed by atoms with Gasteiger partial charge in [0.05, 0.1) is 20.1 Å². The molecule has 6 heteroatoms. The lowest BCUT2D eigenvalue weighted by Gasteiger charge is -2.17. The summed E-state index contributed by atoms with van der Waals surface area (Å²) in [7, 11) is 3.03. The molecule has 1 N–H and O–H groups in total. The van der Waals surface area contributed by atoms with Crippen molar-refractivity contribution in [1.82, 2.24) is 4.90 Å². The van der Waals surface area contributed by atoms with Crippen LogP contribution in [-0.2, 0) is 4.79 Å². The van der Waals surface area contributed by atoms with Gasteiger partial charge in [-0.1, -0.05) is 6.92 Å². The van der Waals surface area contributed by atoms with Crippen LogP contribution in [0.25, 0.3) is 0 Å². The van der Waals surface area contributed by atoms with Crippen LogP contribution in [-0.4, -0.2) is 49.2 Å². The molecule has 1 aliphatic heterocycles. The van der Waals surface area contributed by atoms with Gasteiger partial charge in [0.1, 0.15) is 11.5 Å². The van der Waals surface area contributed by atoms with Crippen molar-refractivity contribution in [3.63, 3.8) is 0 Å². The maximum atomic E-state index is 12.5. The lowest BCUT2D eigenvalue weighted by Crippen LogP contribution is -2.30. The van der Waals surface area contributed by atoms with E-state index in [0.717, 1.165) is 0 Å². The number of amides is 1. The normalized spacial score (nSPS) is 21.2. The van der Waals surface area contributed by atoms with E-state index >= 15 is 0 Å². The SMILES string of the molecule is COc1cc(OC)cc(C(=O)N2C[C@@H](C)[C@H](C(=O)O)C2)c1. The highest BCUT2D eigenvalue weighted by molar-refractivity contribution is 5.95. The summed E-state index contributed by atoms with van der Waals surface area (Å²) < 4.78 is 10.3. The zero-order chi connectivity index (χ0) is 15.6. The number of aliphatic carboxylic acids is 1. The third-order valence-corrected chi connectivity index (χ3v) is 3.82. The molecule has 0 radical (unpaired) electrons. The van der Waals surface area contributed by atoms with E-state index < -0.39 is 11.9 Å². The molecule has 0 aliphatic carbocycles. The van der Waals surface area contributed by atoms with Gasteiger partial charge in [-0.3, -0.25) is 9.59 Å². The van der Waals surface area contributed by atoms with Crippen LogP contribution in [0, 0.1) is 11.8 Å². The quantitative estimate of drug-likeness (QED) is 0.910. The lowest BCUT2D eigenvalue weighted by atomic mass is 9.99. The van der Waals surface area contributed by atoms with E-state index in [-0.39, 0.29) is 18.4 Å². The van der Waals surface area contributed by atoms with Crippen LogP contribution in [0.3, 0.4) is 0 Å². The van der Waals surface area contributed by atoms with Crippen LogP contribution in [0.4, 0.5) is 0 Å². The maximum Gasteiger partial charge on any atom is 0.308 e. The molecule has 21 heavy (non-hydrogen) atoms. The summed E-state index contributed by atoms with van der Waals surface area (Å²) in [6.45, 7) is 2.52. The van der Waals surface area contributed by atoms with E-state index in [1.54, 1.807) is 23.1 Å². The minimum Gasteiger partial charge on any atom is -0.497 e. The van der Waals surface area contributed by atoms with Crippen LogP contribution in [0.1, 0.15) is 17.3 Å². The Balaban J connectivity index is 2.23. The number of rotatable bonds is 4. The number of benzene rings is 1. The molecule has 0 spiro atoms. The van der Waals surface area contributed by atoms with Crippen molar-refractivity contribution in [2.45, 2.75) is 6.92 Å². The fourth-order valence-electron chi connectivity index (χ4n) is 2.57. The Morgan fingerprint density at radius 2 is 1.71 bits per heavy atom. The zero-order valence-corrected chi connectivity index (χ0v) is 12.3. The van der Waals surface area contributed by atoms with Gasteiger partial charge >= 0.3 is 5.97 Å². The van der Waals surface area contributed by atoms with Gasteiger partial charge in [-0.15, -0.1) is 0 Å². The van der Waals surface area contributed by atoms with Gasteiger partial charge in [0.25, 0.3) is 5.91 Å². The highest BCUT2D eigenvalue weighted by Gasteiger charge is 2.37. The summed E-state index contributed by atoms with van der Waals surface area (Å²) in [5, 5.41) is 9.14. The Bertz CT molecular complexity index is 535. The number of hydrogen-bond acceptors (Lipinski definition) is 4. The second kappa shape index (κ2) is 6.03. The van der Waals surface area contributed by atoms with Crippen molar-refractivity contribution >= 4 is 11.9 Å². The number of carbonyl (C=O) groups is 2. The predicted molar refractivity (Wildman–Crippen MR) is 75.7 cm³/mol. The molecule has 0 unspecified atom stereocenters. The summed E-state index contributed by atoms with van der Waals surface area (Å²) in [4.78, 5) is 25.2. The maximum absolute atomic E-state index is 12.5. The second-order valence-electron chi connectivity index (χ2n) is 5.23. The third-order valence-electron chi connectivity index (χ3n) is 3.82. The van der Waals surface area contributed by atoms with Crippen molar-refractivity contribution in [1.29, 1.82) is 0 Å². The number of nitrogens with zero attached hydrogens (tertiary/aromatic N) is 1. The fraction of sp³-hybridized carbons (Fsp3) is 0.467. The molecule has 1 aliphatic rings. The monoisotopic (exact) mass is 293 g/mol. The van der Waals surface area contributed by atoms with E-state index in [9.17, 15) is 9.59 Å². The molecular formula is C15H19NO5. The molecule has 1 fully saturated rings. The first-order valence-electron chi connectivity index (χ1n) is 6.71. The molecule has 1 saturated heterocycles. The van der Waals surface area contributed by atoms with E-state index in [2.05, 4.69) is 0 Å². The van der Waals surface area contributed by atoms with Crippen LogP contribution in [0.15, 0.2) is 18.2 Å². The molecule has 0 aromatic heterocycles. The van der Waals surface area contributed by atoms with Gasteiger partial charge in [0.2, 0.25) is 0 Å². The fourth-order valence-corrected chi connectivity index (χ4v) is 2.57. The zero-order valence-electron chi connectivity index (χ0n) is 12.3. The standard InChI is InChI=1S/C15H19NO5/c1-9-7-16(8-13(9)15(18)19)14(17)10-4-11(20-2)6-12(5-10)21-3/h4-6,9,13H,7-8H2,1-3H3,(H,18,19)/t9-,13-/m1/s1. The van der Waals surface area contributed by atoms with Gasteiger partial charge < -0.3 is 19.5 Å². The van der Waals surface area contributed by atoms with E-state index in [1.807, 2.05) is 6.92 Å². The molecule has 1 heterocycles. The minimum absolute atomic E-state index is 0.0565. The molecule has 0 saturated carbocycles. The summed E-state index contributed by atoms with van der Waals surface area (Å²) in [6, 6.07) is 4.94. The molecule has 1 aromatic rings. The summed E-state index contributed by atoms with van der Waals surface area (Å²) in [5.74, 6) is -0.580. The van der Waals surface area contributed by atoms with Crippen LogP contribution in [0.2, 0.25) is 0 Å². The molecule has 1 aromatic carbocycles. The van der Waals surface area contributed by atoms with Crippen molar-refractivity contribution in [3.05, 3.63) is 23.8 Å². The Morgan fingerprint density at radius 1 is 1.14 bits per heavy atom. The summed E-state index contributed by atoms with van der Waals surface area (Å²) in [5.41, 5.74) is 0.435. The van der Waals surface area contributed by atoms with Crippen LogP contribution >= 0.6 is 0 Å². The van der Waals surface area contributed by atoms with Gasteiger partial charge in [-0.25, -0.2) is 0 Å². The van der Waals surface area contributed by atoms with Gasteiger partial charge in [0, 0.05) is 24.7 Å². The van der Waals surface area contributed by atoms with Crippen LogP contribution < -0.4 is 9.47 Å². The minimum atomic E-state index is -0.860. The summed E-state index contributed by atoms with van der Waals surface area (Å²) >= 11 is 0. The Kier molecular flexibility index (Phi) is 4.35. The first-order valence-corrected chi connectivity index (χ1v) is 6.71. The number of ether oxygens (including phenoxy) is 2. The van der Waals surface area contributed by atoms with E-state index in [4.69, 9.17) is 14.6 Å². The number of methoxy groups -OCH3 is 2. The predicted octanol–water partition coefficient (Wildman–Crippen LogP) is 1.50. The Labute approximate surface area is 123 Å². The molecule has 114 valence electrons. The first kappa shape index (κ1) is 15.2. The lowest BCUT2D eigenvalue weighted by molar-refractivity contribution is -0.142. The number of carbonyl (C=O) groups excluding carboxylic acids is 1. The first-order chi connectivity index (χ1) is 9.96. The van der Waals surface area contributed by atoms with Crippen molar-refractivity contribution in [2.24, 2.45) is 11.8 Å². The summed E-state index contributed by atoms with van der Waals surface area (Å²) in [6.07, 6.45) is 0. The molecule has 2 atom stereocenters.